The molecule has 1 N–H and O–H groups in total. The van der Waals surface area contributed by atoms with Gasteiger partial charge in [-0.2, -0.15) is 4.68 Å². The van der Waals surface area contributed by atoms with Crippen LogP contribution >= 0.6 is 11.6 Å². The van der Waals surface area contributed by atoms with E-state index in [1.807, 2.05) is 0 Å². The summed E-state index contributed by atoms with van der Waals surface area (Å²) in [7, 11) is 0. The minimum Gasteiger partial charge on any atom is -0.388 e. The van der Waals surface area contributed by atoms with E-state index in [9.17, 15) is 19.1 Å². The van der Waals surface area contributed by atoms with Crippen molar-refractivity contribution in [3.05, 3.63) is 92.2 Å². The first-order chi connectivity index (χ1) is 15.3. The number of hydrogen-bond acceptors (Lipinski definition) is 4. The summed E-state index contributed by atoms with van der Waals surface area (Å²) in [6.45, 7) is 7.51. The van der Waals surface area contributed by atoms with Gasteiger partial charge in [-0.05, 0) is 55.1 Å². The summed E-state index contributed by atoms with van der Waals surface area (Å²) in [5.41, 5.74) is 0.735. The number of fused-ring (bicyclic) bond motifs is 1. The van der Waals surface area contributed by atoms with Crippen LogP contribution in [0.2, 0.25) is 5.02 Å². The second-order valence-electron chi connectivity index (χ2n) is 7.31. The standard InChI is InChI=1S/C23H20ClFN4O3/c1-4-27-20(12-30)26-29(23(27)32)14-8-9-15-16(10-14)17(13(2)3)11-28(22(15)31)21-18(24)6-5-7-19(21)25/h5-11,30H,2,4,12H2,1,3H3. The summed E-state index contributed by atoms with van der Waals surface area (Å²) in [5, 5.41) is 14.7. The SMILES string of the molecule is C=C(C)c1cn(-c2c(F)cccc2Cl)c(=O)c2ccc(-n3nc(CO)n(CC)c3=O)cc12. The third-order valence-electron chi connectivity index (χ3n) is 5.28. The zero-order valence-corrected chi connectivity index (χ0v) is 18.2. The molecular weight excluding hydrogens is 435 g/mol. The number of nitrogens with zero attached hydrogens (tertiary/aromatic N) is 4. The first-order valence-corrected chi connectivity index (χ1v) is 10.3. The molecule has 0 spiro atoms. The Morgan fingerprint density at radius 2 is 1.97 bits per heavy atom. The van der Waals surface area contributed by atoms with Crippen LogP contribution in [-0.4, -0.2) is 24.0 Å². The Hall–Kier alpha value is -3.49. The van der Waals surface area contributed by atoms with Crippen LogP contribution in [0.5, 0.6) is 0 Å². The van der Waals surface area contributed by atoms with Crippen molar-refractivity contribution in [3.63, 3.8) is 0 Å². The molecule has 0 amide bonds. The molecule has 0 radical (unpaired) electrons. The Morgan fingerprint density at radius 3 is 2.56 bits per heavy atom. The highest BCUT2D eigenvalue weighted by Crippen LogP contribution is 2.28. The Labute approximate surface area is 187 Å². The fourth-order valence-electron chi connectivity index (χ4n) is 3.73. The van der Waals surface area contributed by atoms with Crippen LogP contribution in [0.15, 0.2) is 58.8 Å². The molecule has 0 aliphatic carbocycles. The van der Waals surface area contributed by atoms with E-state index in [-0.39, 0.29) is 23.1 Å². The monoisotopic (exact) mass is 454 g/mol. The van der Waals surface area contributed by atoms with Crippen molar-refractivity contribution in [2.24, 2.45) is 0 Å². The summed E-state index contributed by atoms with van der Waals surface area (Å²) >= 11 is 6.20. The number of halogens is 2. The van der Waals surface area contributed by atoms with E-state index >= 15 is 0 Å². The van der Waals surface area contributed by atoms with E-state index in [1.165, 1.54) is 38.2 Å². The second kappa shape index (κ2) is 8.22. The van der Waals surface area contributed by atoms with Crippen LogP contribution < -0.4 is 11.2 Å². The minimum atomic E-state index is -0.628. The molecule has 0 saturated carbocycles. The molecule has 0 bridgehead atoms. The average molecular weight is 455 g/mol. The van der Waals surface area contributed by atoms with Crippen molar-refractivity contribution in [1.82, 2.24) is 18.9 Å². The van der Waals surface area contributed by atoms with Crippen LogP contribution in [0, 0.1) is 5.82 Å². The number of pyridine rings is 1. The molecule has 7 nitrogen and oxygen atoms in total. The van der Waals surface area contributed by atoms with Gasteiger partial charge in [-0.1, -0.05) is 24.2 Å². The minimum absolute atomic E-state index is 0.0434. The first kappa shape index (κ1) is 21.7. The normalized spacial score (nSPS) is 11.3. The summed E-state index contributed by atoms with van der Waals surface area (Å²) < 4.78 is 18.3. The topological polar surface area (TPSA) is 82.0 Å². The maximum absolute atomic E-state index is 14.6. The largest absolute Gasteiger partial charge is 0.388 e. The lowest BCUT2D eigenvalue weighted by Crippen LogP contribution is -2.24. The molecule has 2 aromatic heterocycles. The zero-order valence-electron chi connectivity index (χ0n) is 17.5. The maximum Gasteiger partial charge on any atom is 0.350 e. The Bertz CT molecular complexity index is 1480. The molecule has 0 fully saturated rings. The van der Waals surface area contributed by atoms with Gasteiger partial charge in [0.2, 0.25) is 0 Å². The number of benzene rings is 2. The van der Waals surface area contributed by atoms with E-state index in [0.717, 1.165) is 0 Å². The van der Waals surface area contributed by atoms with Gasteiger partial charge in [0.15, 0.2) is 5.82 Å². The molecule has 32 heavy (non-hydrogen) atoms. The van der Waals surface area contributed by atoms with E-state index in [2.05, 4.69) is 11.7 Å². The third kappa shape index (κ3) is 3.37. The van der Waals surface area contributed by atoms with Crippen LogP contribution in [0.3, 0.4) is 0 Å². The van der Waals surface area contributed by atoms with Gasteiger partial charge in [0.05, 0.1) is 10.7 Å². The van der Waals surface area contributed by atoms with Crippen molar-refractivity contribution in [2.75, 3.05) is 0 Å². The predicted octanol–water partition coefficient (Wildman–Crippen LogP) is 3.68. The van der Waals surface area contributed by atoms with Crippen molar-refractivity contribution < 1.29 is 9.50 Å². The lowest BCUT2D eigenvalue weighted by Gasteiger charge is -2.15. The lowest BCUT2D eigenvalue weighted by molar-refractivity contribution is 0.264. The molecule has 0 aliphatic rings. The highest BCUT2D eigenvalue weighted by molar-refractivity contribution is 6.32. The molecular formula is C23H20ClFN4O3. The fourth-order valence-corrected chi connectivity index (χ4v) is 3.98. The van der Waals surface area contributed by atoms with Gasteiger partial charge in [0.25, 0.3) is 5.56 Å². The molecule has 0 saturated heterocycles. The van der Waals surface area contributed by atoms with Gasteiger partial charge >= 0.3 is 5.69 Å². The van der Waals surface area contributed by atoms with Gasteiger partial charge < -0.3 is 5.11 Å². The first-order valence-electron chi connectivity index (χ1n) is 9.88. The van der Waals surface area contributed by atoms with E-state index in [4.69, 9.17) is 11.6 Å². The molecule has 2 heterocycles. The number of aliphatic hydroxyl groups is 1. The molecule has 164 valence electrons. The molecule has 9 heteroatoms. The Balaban J connectivity index is 2.03. The quantitative estimate of drug-likeness (QED) is 0.498. The summed E-state index contributed by atoms with van der Waals surface area (Å²) in [4.78, 5) is 26.0. The summed E-state index contributed by atoms with van der Waals surface area (Å²) in [6, 6.07) is 9.00. The molecule has 4 rings (SSSR count). The van der Waals surface area contributed by atoms with Crippen LogP contribution in [-0.2, 0) is 13.2 Å². The van der Waals surface area contributed by atoms with Gasteiger partial charge in [0.1, 0.15) is 18.1 Å². The smallest absolute Gasteiger partial charge is 0.350 e. The summed E-state index contributed by atoms with van der Waals surface area (Å²) in [5.74, 6) is -0.390. The number of rotatable bonds is 5. The van der Waals surface area contributed by atoms with Gasteiger partial charge in [-0.15, -0.1) is 5.10 Å². The Morgan fingerprint density at radius 1 is 1.22 bits per heavy atom. The van der Waals surface area contributed by atoms with Crippen LogP contribution in [0.25, 0.3) is 27.7 Å². The zero-order chi connectivity index (χ0) is 23.2. The summed E-state index contributed by atoms with van der Waals surface area (Å²) in [6.07, 6.45) is 1.49. The molecule has 2 aromatic carbocycles. The van der Waals surface area contributed by atoms with Gasteiger partial charge in [-0.25, -0.2) is 9.18 Å². The highest BCUT2D eigenvalue weighted by Gasteiger charge is 2.18. The Kier molecular flexibility index (Phi) is 5.58. The third-order valence-corrected chi connectivity index (χ3v) is 5.59. The van der Waals surface area contributed by atoms with Crippen molar-refractivity contribution in [1.29, 1.82) is 0 Å². The number of allylic oxidation sites excluding steroid dienone is 1. The van der Waals surface area contributed by atoms with Crippen LogP contribution in [0.4, 0.5) is 4.39 Å². The molecule has 0 atom stereocenters. The highest BCUT2D eigenvalue weighted by atomic mass is 35.5. The predicted molar refractivity (Wildman–Crippen MR) is 122 cm³/mol. The van der Waals surface area contributed by atoms with Crippen molar-refractivity contribution >= 4 is 27.9 Å². The molecule has 0 aliphatic heterocycles. The number of aliphatic hydroxyl groups excluding tert-OH is 1. The molecule has 0 unspecified atom stereocenters. The average Bonchev–Trinajstić information content (AvgIpc) is 3.09. The van der Waals surface area contributed by atoms with Crippen LogP contribution in [0.1, 0.15) is 25.2 Å². The fraction of sp³-hybridized carbons (Fsp3) is 0.174. The van der Waals surface area contributed by atoms with E-state index in [1.54, 1.807) is 32.0 Å². The van der Waals surface area contributed by atoms with E-state index in [0.29, 0.717) is 34.1 Å². The van der Waals surface area contributed by atoms with Gasteiger partial charge in [-0.3, -0.25) is 13.9 Å². The van der Waals surface area contributed by atoms with Crippen molar-refractivity contribution in [3.8, 4) is 11.4 Å². The number of para-hydroxylation sites is 1. The lowest BCUT2D eigenvalue weighted by atomic mass is 10.0. The number of hydrogen-bond donors (Lipinski definition) is 1. The van der Waals surface area contributed by atoms with Gasteiger partial charge in [0, 0.05) is 23.7 Å². The molecule has 4 aromatic rings. The number of aromatic nitrogens is 4. The van der Waals surface area contributed by atoms with E-state index < -0.39 is 17.1 Å². The second-order valence-corrected chi connectivity index (χ2v) is 7.72. The maximum atomic E-state index is 14.6. The van der Waals surface area contributed by atoms with Crippen molar-refractivity contribution in [2.45, 2.75) is 27.0 Å².